The van der Waals surface area contributed by atoms with Crippen LogP contribution >= 0.6 is 0 Å². The summed E-state index contributed by atoms with van der Waals surface area (Å²) >= 11 is 0. The summed E-state index contributed by atoms with van der Waals surface area (Å²) < 4.78 is 5.50. The maximum absolute atomic E-state index is 5.50. The molecule has 0 amide bonds. The summed E-state index contributed by atoms with van der Waals surface area (Å²) in [6, 6.07) is 8.60. The van der Waals surface area contributed by atoms with Crippen LogP contribution in [0.4, 0.5) is 0 Å². The third kappa shape index (κ3) is 4.02. The van der Waals surface area contributed by atoms with Crippen LogP contribution in [-0.4, -0.2) is 20.2 Å². The highest BCUT2D eigenvalue weighted by Crippen LogP contribution is 2.30. The van der Waals surface area contributed by atoms with E-state index in [0.29, 0.717) is 5.92 Å². The molecule has 0 saturated carbocycles. The Morgan fingerprint density at radius 2 is 1.67 bits per heavy atom. The molecule has 18 heavy (non-hydrogen) atoms. The number of likely N-dealkylation sites (N-methyl/N-ethyl adjacent to an activating group) is 1. The third-order valence-electron chi connectivity index (χ3n) is 3.66. The fraction of sp³-hybridized carbons (Fsp3) is 0.625. The Kier molecular flexibility index (Phi) is 6.81. The minimum absolute atomic E-state index is 0.598. The van der Waals surface area contributed by atoms with Gasteiger partial charge in [0.05, 0.1) is 6.61 Å². The van der Waals surface area contributed by atoms with Crippen LogP contribution in [0.2, 0.25) is 0 Å². The Balaban J connectivity index is 2.84. The van der Waals surface area contributed by atoms with Crippen molar-refractivity contribution < 1.29 is 4.74 Å². The van der Waals surface area contributed by atoms with Crippen LogP contribution in [0.5, 0.6) is 5.75 Å². The highest BCUT2D eigenvalue weighted by atomic mass is 16.5. The molecular formula is C16H27NO. The van der Waals surface area contributed by atoms with Crippen molar-refractivity contribution in [3.05, 3.63) is 29.8 Å². The second-order valence-corrected chi connectivity index (χ2v) is 4.74. The molecule has 1 atom stereocenters. The summed E-state index contributed by atoms with van der Waals surface area (Å²) in [5, 5.41) is 3.32. The molecule has 1 aromatic rings. The van der Waals surface area contributed by atoms with Gasteiger partial charge >= 0.3 is 0 Å². The molecule has 0 heterocycles. The molecule has 1 N–H and O–H groups in total. The van der Waals surface area contributed by atoms with Crippen LogP contribution < -0.4 is 10.1 Å². The molecule has 1 aromatic carbocycles. The predicted octanol–water partition coefficient (Wildman–Crippen LogP) is 3.82. The fourth-order valence-corrected chi connectivity index (χ4v) is 2.61. The van der Waals surface area contributed by atoms with Crippen LogP contribution in [0.3, 0.4) is 0 Å². The van der Waals surface area contributed by atoms with Crippen LogP contribution in [0.1, 0.15) is 45.1 Å². The van der Waals surface area contributed by atoms with Gasteiger partial charge in [0.2, 0.25) is 0 Å². The molecule has 0 radical (unpaired) electrons. The van der Waals surface area contributed by atoms with E-state index < -0.39 is 0 Å². The average molecular weight is 249 g/mol. The first-order chi connectivity index (χ1) is 8.76. The number of benzene rings is 1. The topological polar surface area (TPSA) is 21.3 Å². The molecule has 102 valence electrons. The summed E-state index contributed by atoms with van der Waals surface area (Å²) in [5.41, 5.74) is 1.42. The van der Waals surface area contributed by atoms with E-state index >= 15 is 0 Å². The smallest absolute Gasteiger partial charge is 0.119 e. The summed E-state index contributed by atoms with van der Waals surface area (Å²) in [6.45, 7) is 8.35. The van der Waals surface area contributed by atoms with Gasteiger partial charge in [0.25, 0.3) is 0 Å². The average Bonchev–Trinajstić information content (AvgIpc) is 2.40. The minimum Gasteiger partial charge on any atom is -0.494 e. The first-order valence-corrected chi connectivity index (χ1v) is 7.14. The van der Waals surface area contributed by atoms with E-state index in [1.54, 1.807) is 0 Å². The molecule has 0 aliphatic carbocycles. The molecule has 0 aliphatic rings. The lowest BCUT2D eigenvalue weighted by molar-refractivity contribution is 0.339. The van der Waals surface area contributed by atoms with E-state index in [1.807, 2.05) is 14.0 Å². The van der Waals surface area contributed by atoms with E-state index in [2.05, 4.69) is 43.4 Å². The summed E-state index contributed by atoms with van der Waals surface area (Å²) in [7, 11) is 2.03. The first kappa shape index (κ1) is 15.0. The van der Waals surface area contributed by atoms with Crippen LogP contribution in [0.25, 0.3) is 0 Å². The zero-order valence-electron chi connectivity index (χ0n) is 12.2. The molecule has 0 bridgehead atoms. The highest BCUT2D eigenvalue weighted by Gasteiger charge is 2.19. The van der Waals surface area contributed by atoms with Gasteiger partial charge in [0.15, 0.2) is 0 Å². The molecule has 0 aliphatic heterocycles. The molecule has 1 rings (SSSR count). The quantitative estimate of drug-likeness (QED) is 0.756. The molecule has 1 unspecified atom stereocenters. The molecule has 0 saturated heterocycles. The van der Waals surface area contributed by atoms with Gasteiger partial charge in [0.1, 0.15) is 5.75 Å². The minimum atomic E-state index is 0.598. The molecule has 0 fully saturated rings. The van der Waals surface area contributed by atoms with E-state index in [0.717, 1.165) is 24.8 Å². The van der Waals surface area contributed by atoms with Gasteiger partial charge in [-0.15, -0.1) is 0 Å². The van der Waals surface area contributed by atoms with Crippen molar-refractivity contribution in [3.63, 3.8) is 0 Å². The maximum Gasteiger partial charge on any atom is 0.119 e. The molecule has 2 nitrogen and oxygen atoms in total. The normalized spacial score (nSPS) is 12.7. The maximum atomic E-state index is 5.50. The first-order valence-electron chi connectivity index (χ1n) is 7.14. The molecule has 0 aromatic heterocycles. The zero-order chi connectivity index (χ0) is 13.4. The fourth-order valence-electron chi connectivity index (χ4n) is 2.61. The van der Waals surface area contributed by atoms with Crippen LogP contribution in [0, 0.1) is 5.92 Å². The molecule has 2 heteroatoms. The van der Waals surface area contributed by atoms with Crippen molar-refractivity contribution in [2.24, 2.45) is 5.92 Å². The monoisotopic (exact) mass is 249 g/mol. The summed E-state index contributed by atoms with van der Waals surface area (Å²) in [4.78, 5) is 0. The summed E-state index contributed by atoms with van der Waals surface area (Å²) in [6.07, 6.45) is 2.46. The van der Waals surface area contributed by atoms with Crippen molar-refractivity contribution >= 4 is 0 Å². The van der Waals surface area contributed by atoms with Crippen molar-refractivity contribution in [1.82, 2.24) is 5.32 Å². The molecular weight excluding hydrogens is 222 g/mol. The van der Waals surface area contributed by atoms with Gasteiger partial charge in [-0.05, 0) is 43.5 Å². The number of hydrogen-bond donors (Lipinski definition) is 1. The lowest BCUT2D eigenvalue weighted by Crippen LogP contribution is -2.23. The van der Waals surface area contributed by atoms with Gasteiger partial charge in [-0.1, -0.05) is 38.8 Å². The lowest BCUT2D eigenvalue weighted by atomic mass is 9.82. The second kappa shape index (κ2) is 8.15. The number of nitrogens with one attached hydrogen (secondary N) is 1. The van der Waals surface area contributed by atoms with Crippen molar-refractivity contribution in [3.8, 4) is 5.75 Å². The van der Waals surface area contributed by atoms with Crippen LogP contribution in [0.15, 0.2) is 24.3 Å². The Bertz CT molecular complexity index is 316. The lowest BCUT2D eigenvalue weighted by Gasteiger charge is -2.25. The van der Waals surface area contributed by atoms with E-state index in [1.165, 1.54) is 18.4 Å². The molecule has 0 spiro atoms. The van der Waals surface area contributed by atoms with E-state index in [9.17, 15) is 0 Å². The largest absolute Gasteiger partial charge is 0.494 e. The predicted molar refractivity (Wildman–Crippen MR) is 78.4 cm³/mol. The van der Waals surface area contributed by atoms with Crippen LogP contribution in [-0.2, 0) is 0 Å². The zero-order valence-corrected chi connectivity index (χ0v) is 12.2. The highest BCUT2D eigenvalue weighted by molar-refractivity contribution is 5.30. The van der Waals surface area contributed by atoms with Crippen molar-refractivity contribution in [1.29, 1.82) is 0 Å². The van der Waals surface area contributed by atoms with Gasteiger partial charge in [0, 0.05) is 6.54 Å². The number of ether oxygens (including phenoxy) is 1. The Morgan fingerprint density at radius 3 is 2.11 bits per heavy atom. The van der Waals surface area contributed by atoms with E-state index in [4.69, 9.17) is 4.74 Å². The van der Waals surface area contributed by atoms with Gasteiger partial charge in [-0.25, -0.2) is 0 Å². The van der Waals surface area contributed by atoms with Gasteiger partial charge in [-0.2, -0.15) is 0 Å². The summed E-state index contributed by atoms with van der Waals surface area (Å²) in [5.74, 6) is 2.31. The second-order valence-electron chi connectivity index (χ2n) is 4.74. The SMILES string of the molecule is CCOc1ccc(C(CNC)C(CC)CC)cc1. The van der Waals surface area contributed by atoms with Gasteiger partial charge in [-0.3, -0.25) is 0 Å². The van der Waals surface area contributed by atoms with Crippen molar-refractivity contribution in [2.75, 3.05) is 20.2 Å². The standard InChI is InChI=1S/C16H27NO/c1-5-13(6-2)16(12-17-4)14-8-10-15(11-9-14)18-7-3/h8-11,13,16-17H,5-7,12H2,1-4H3. The third-order valence-corrected chi connectivity index (χ3v) is 3.66. The van der Waals surface area contributed by atoms with Gasteiger partial charge < -0.3 is 10.1 Å². The number of rotatable bonds is 8. The Hall–Kier alpha value is -1.02. The Morgan fingerprint density at radius 1 is 1.06 bits per heavy atom. The van der Waals surface area contributed by atoms with Crippen molar-refractivity contribution in [2.45, 2.75) is 39.5 Å². The number of hydrogen-bond acceptors (Lipinski definition) is 2. The van der Waals surface area contributed by atoms with E-state index in [-0.39, 0.29) is 0 Å². The Labute approximate surface area is 112 Å².